The normalized spacial score (nSPS) is 19.3. The molecule has 0 N–H and O–H groups in total. The standard InChI is InChI=1S/C23H22ClN3O5/c24-16-8-12-18(13-9-16)26-21(28)14-20(23(26)30)25(17-4-2-1-3-5-17)22(29)15-6-10-19(11-7-15)27(31)32/h6-13,17,20H,1-5,14H2. The van der Waals surface area contributed by atoms with Crippen LogP contribution in [0.3, 0.4) is 0 Å². The maximum absolute atomic E-state index is 13.5. The summed E-state index contributed by atoms with van der Waals surface area (Å²) >= 11 is 5.93. The van der Waals surface area contributed by atoms with Crippen LogP contribution in [0.15, 0.2) is 48.5 Å². The highest BCUT2D eigenvalue weighted by atomic mass is 35.5. The van der Waals surface area contributed by atoms with Crippen LogP contribution in [0.25, 0.3) is 0 Å². The van der Waals surface area contributed by atoms with Gasteiger partial charge >= 0.3 is 0 Å². The Morgan fingerprint density at radius 3 is 2.22 bits per heavy atom. The minimum absolute atomic E-state index is 0.101. The van der Waals surface area contributed by atoms with Crippen molar-refractivity contribution in [3.63, 3.8) is 0 Å². The average molecular weight is 456 g/mol. The average Bonchev–Trinajstić information content (AvgIpc) is 3.09. The highest BCUT2D eigenvalue weighted by molar-refractivity contribution is 6.31. The summed E-state index contributed by atoms with van der Waals surface area (Å²) in [5.74, 6) is -1.21. The van der Waals surface area contributed by atoms with Crippen molar-refractivity contribution in [2.24, 2.45) is 0 Å². The molecule has 1 saturated heterocycles. The zero-order chi connectivity index (χ0) is 22.8. The molecule has 32 heavy (non-hydrogen) atoms. The van der Waals surface area contributed by atoms with Gasteiger partial charge in [-0.05, 0) is 49.2 Å². The lowest BCUT2D eigenvalue weighted by molar-refractivity contribution is -0.384. The minimum atomic E-state index is -0.913. The Kier molecular flexibility index (Phi) is 6.23. The number of non-ortho nitro benzene ring substituents is 1. The van der Waals surface area contributed by atoms with Gasteiger partial charge < -0.3 is 4.90 Å². The second-order valence-corrected chi connectivity index (χ2v) is 8.51. The molecule has 1 aliphatic carbocycles. The SMILES string of the molecule is O=C1CC(N(C(=O)c2ccc([N+](=O)[O-])cc2)C2CCCCC2)C(=O)N1c1ccc(Cl)cc1. The van der Waals surface area contributed by atoms with Crippen LogP contribution in [0.5, 0.6) is 0 Å². The highest BCUT2D eigenvalue weighted by Gasteiger charge is 2.46. The number of hydrogen-bond acceptors (Lipinski definition) is 5. The molecule has 0 bridgehead atoms. The molecule has 1 heterocycles. The first kappa shape index (κ1) is 22.0. The molecular weight excluding hydrogens is 434 g/mol. The van der Waals surface area contributed by atoms with E-state index in [0.29, 0.717) is 10.7 Å². The van der Waals surface area contributed by atoms with Gasteiger partial charge in [0, 0.05) is 28.8 Å². The van der Waals surface area contributed by atoms with Gasteiger partial charge in [0.1, 0.15) is 6.04 Å². The molecule has 0 aromatic heterocycles. The summed E-state index contributed by atoms with van der Waals surface area (Å²) in [5, 5.41) is 11.4. The van der Waals surface area contributed by atoms with Gasteiger partial charge in [-0.3, -0.25) is 24.5 Å². The number of amides is 3. The molecule has 4 rings (SSSR count). The first-order valence-corrected chi connectivity index (χ1v) is 10.9. The van der Waals surface area contributed by atoms with Crippen molar-refractivity contribution in [1.29, 1.82) is 0 Å². The largest absolute Gasteiger partial charge is 0.323 e. The summed E-state index contributed by atoms with van der Waals surface area (Å²) in [5.41, 5.74) is 0.552. The number of halogens is 1. The second-order valence-electron chi connectivity index (χ2n) is 8.07. The maximum atomic E-state index is 13.5. The number of carbonyl (C=O) groups excluding carboxylic acids is 3. The predicted molar refractivity (Wildman–Crippen MR) is 118 cm³/mol. The Morgan fingerprint density at radius 2 is 1.62 bits per heavy atom. The lowest BCUT2D eigenvalue weighted by Crippen LogP contribution is -2.51. The molecule has 9 heteroatoms. The Bertz CT molecular complexity index is 1050. The van der Waals surface area contributed by atoms with Crippen molar-refractivity contribution >= 4 is 40.7 Å². The van der Waals surface area contributed by atoms with E-state index in [4.69, 9.17) is 11.6 Å². The highest BCUT2D eigenvalue weighted by Crippen LogP contribution is 2.32. The Morgan fingerprint density at radius 1 is 1.00 bits per heavy atom. The molecule has 2 aromatic rings. The van der Waals surface area contributed by atoms with Crippen LogP contribution in [0, 0.1) is 10.1 Å². The number of anilines is 1. The second kappa shape index (κ2) is 9.08. The molecular formula is C23H22ClN3O5. The van der Waals surface area contributed by atoms with Crippen LogP contribution >= 0.6 is 11.6 Å². The number of benzene rings is 2. The molecule has 2 fully saturated rings. The number of hydrogen-bond donors (Lipinski definition) is 0. The maximum Gasteiger partial charge on any atom is 0.269 e. The van der Waals surface area contributed by atoms with Gasteiger partial charge in [0.25, 0.3) is 17.5 Å². The van der Waals surface area contributed by atoms with Crippen LogP contribution in [-0.4, -0.2) is 39.6 Å². The molecule has 1 saturated carbocycles. The first-order valence-electron chi connectivity index (χ1n) is 10.6. The summed E-state index contributed by atoms with van der Waals surface area (Å²) in [6.45, 7) is 0. The van der Waals surface area contributed by atoms with Crippen molar-refractivity contribution in [2.45, 2.75) is 50.6 Å². The van der Waals surface area contributed by atoms with E-state index in [1.165, 1.54) is 29.2 Å². The Balaban J connectivity index is 1.66. The fraction of sp³-hybridized carbons (Fsp3) is 0.348. The van der Waals surface area contributed by atoms with Gasteiger partial charge in [0.05, 0.1) is 17.0 Å². The number of nitro benzene ring substituents is 1. The van der Waals surface area contributed by atoms with Crippen molar-refractivity contribution in [1.82, 2.24) is 4.90 Å². The predicted octanol–water partition coefficient (Wildman–Crippen LogP) is 4.36. The van der Waals surface area contributed by atoms with Crippen LogP contribution < -0.4 is 4.90 Å². The molecule has 2 aromatic carbocycles. The lowest BCUT2D eigenvalue weighted by Gasteiger charge is -2.37. The van der Waals surface area contributed by atoms with E-state index in [9.17, 15) is 24.5 Å². The summed E-state index contributed by atoms with van der Waals surface area (Å²) < 4.78 is 0. The van der Waals surface area contributed by atoms with Gasteiger partial charge in [0.2, 0.25) is 5.91 Å². The van der Waals surface area contributed by atoms with Gasteiger partial charge in [-0.2, -0.15) is 0 Å². The molecule has 0 radical (unpaired) electrons. The van der Waals surface area contributed by atoms with Crippen LogP contribution in [0.4, 0.5) is 11.4 Å². The summed E-state index contributed by atoms with van der Waals surface area (Å²) in [6.07, 6.45) is 4.32. The number of imide groups is 1. The monoisotopic (exact) mass is 455 g/mol. The smallest absolute Gasteiger partial charge is 0.269 e. The van der Waals surface area contributed by atoms with Gasteiger partial charge in [-0.15, -0.1) is 0 Å². The molecule has 3 amide bonds. The molecule has 0 spiro atoms. The van der Waals surface area contributed by atoms with Crippen LogP contribution in [-0.2, 0) is 9.59 Å². The van der Waals surface area contributed by atoms with E-state index in [2.05, 4.69) is 0 Å². The third-order valence-electron chi connectivity index (χ3n) is 6.07. The van der Waals surface area contributed by atoms with E-state index < -0.39 is 22.8 Å². The molecule has 1 unspecified atom stereocenters. The van der Waals surface area contributed by atoms with Gasteiger partial charge in [0.15, 0.2) is 0 Å². The summed E-state index contributed by atoms with van der Waals surface area (Å²) in [7, 11) is 0. The van der Waals surface area contributed by atoms with Crippen LogP contribution in [0.2, 0.25) is 5.02 Å². The zero-order valence-electron chi connectivity index (χ0n) is 17.3. The lowest BCUT2D eigenvalue weighted by atomic mass is 9.92. The molecule has 166 valence electrons. The number of carbonyl (C=O) groups is 3. The third kappa shape index (κ3) is 4.23. The van der Waals surface area contributed by atoms with Crippen molar-refractivity contribution in [3.05, 3.63) is 69.2 Å². The third-order valence-corrected chi connectivity index (χ3v) is 6.32. The fourth-order valence-corrected chi connectivity index (χ4v) is 4.62. The van der Waals surface area contributed by atoms with Gasteiger partial charge in [-0.1, -0.05) is 30.9 Å². The van der Waals surface area contributed by atoms with Crippen molar-refractivity contribution in [3.8, 4) is 0 Å². The van der Waals surface area contributed by atoms with E-state index in [0.717, 1.165) is 37.0 Å². The van der Waals surface area contributed by atoms with E-state index >= 15 is 0 Å². The Labute approximate surface area is 189 Å². The van der Waals surface area contributed by atoms with Crippen molar-refractivity contribution in [2.75, 3.05) is 4.90 Å². The summed E-state index contributed by atoms with van der Waals surface area (Å²) in [4.78, 5) is 52.7. The molecule has 1 atom stereocenters. The Hall–Kier alpha value is -3.26. The number of nitro groups is 1. The van der Waals surface area contributed by atoms with E-state index in [-0.39, 0.29) is 29.6 Å². The van der Waals surface area contributed by atoms with E-state index in [1.54, 1.807) is 24.3 Å². The van der Waals surface area contributed by atoms with E-state index in [1.807, 2.05) is 0 Å². The summed E-state index contributed by atoms with van der Waals surface area (Å²) in [6, 6.07) is 10.7. The molecule has 2 aliphatic rings. The molecule has 8 nitrogen and oxygen atoms in total. The van der Waals surface area contributed by atoms with Crippen molar-refractivity contribution < 1.29 is 19.3 Å². The molecule has 1 aliphatic heterocycles. The van der Waals surface area contributed by atoms with Crippen LogP contribution in [0.1, 0.15) is 48.9 Å². The zero-order valence-corrected chi connectivity index (χ0v) is 18.0. The first-order chi connectivity index (χ1) is 15.4. The van der Waals surface area contributed by atoms with Gasteiger partial charge in [-0.25, -0.2) is 4.90 Å². The fourth-order valence-electron chi connectivity index (χ4n) is 4.49. The minimum Gasteiger partial charge on any atom is -0.323 e. The topological polar surface area (TPSA) is 101 Å². The number of rotatable bonds is 5. The quantitative estimate of drug-likeness (QED) is 0.379. The number of nitrogens with zero attached hydrogens (tertiary/aromatic N) is 3.